The van der Waals surface area contributed by atoms with E-state index < -0.39 is 0 Å². The first-order valence-corrected chi connectivity index (χ1v) is 6.30. The van der Waals surface area contributed by atoms with Crippen molar-refractivity contribution < 1.29 is 4.42 Å². The summed E-state index contributed by atoms with van der Waals surface area (Å²) in [6.07, 6.45) is 2.57. The molecule has 0 saturated carbocycles. The van der Waals surface area contributed by atoms with Gasteiger partial charge in [-0.1, -0.05) is 0 Å². The number of nitrogens with two attached hydrogens (primary N) is 1. The number of hydrogen-bond acceptors (Lipinski definition) is 4. The van der Waals surface area contributed by atoms with Crippen molar-refractivity contribution in [3.05, 3.63) is 45.5 Å². The maximum absolute atomic E-state index is 6.13. The summed E-state index contributed by atoms with van der Waals surface area (Å²) in [5.41, 5.74) is 8.79. The number of hydrogen-bond donors (Lipinski definition) is 2. The molecule has 3 rings (SSSR count). The molecule has 0 fully saturated rings. The van der Waals surface area contributed by atoms with Crippen molar-refractivity contribution in [2.75, 3.05) is 6.54 Å². The molecule has 1 aliphatic heterocycles. The van der Waals surface area contributed by atoms with Crippen LogP contribution in [0.15, 0.2) is 28.2 Å². The van der Waals surface area contributed by atoms with Gasteiger partial charge >= 0.3 is 0 Å². The van der Waals surface area contributed by atoms with E-state index in [0.717, 1.165) is 25.3 Å². The highest BCUT2D eigenvalue weighted by Crippen LogP contribution is 2.31. The largest absolute Gasteiger partial charge is 0.469 e. The molecule has 1 atom stereocenters. The molecule has 0 saturated heterocycles. The lowest BCUT2D eigenvalue weighted by Crippen LogP contribution is -2.32. The first-order valence-electron chi connectivity index (χ1n) is 5.42. The van der Waals surface area contributed by atoms with Crippen molar-refractivity contribution in [3.63, 3.8) is 0 Å². The van der Waals surface area contributed by atoms with Crippen molar-refractivity contribution in [2.24, 2.45) is 5.73 Å². The van der Waals surface area contributed by atoms with Gasteiger partial charge in [-0.25, -0.2) is 0 Å². The van der Waals surface area contributed by atoms with Crippen LogP contribution in [0.5, 0.6) is 0 Å². The van der Waals surface area contributed by atoms with E-state index in [1.54, 1.807) is 17.6 Å². The van der Waals surface area contributed by atoms with Crippen LogP contribution in [0.4, 0.5) is 0 Å². The molecule has 84 valence electrons. The Kier molecular flexibility index (Phi) is 2.55. The summed E-state index contributed by atoms with van der Waals surface area (Å²) in [7, 11) is 0. The van der Waals surface area contributed by atoms with Crippen LogP contribution in [-0.2, 0) is 13.0 Å². The van der Waals surface area contributed by atoms with Crippen LogP contribution in [0.1, 0.15) is 27.8 Å². The summed E-state index contributed by atoms with van der Waals surface area (Å²) in [5.74, 6) is 1.01. The molecule has 0 spiro atoms. The second kappa shape index (κ2) is 4.05. The van der Waals surface area contributed by atoms with E-state index in [-0.39, 0.29) is 6.04 Å². The van der Waals surface area contributed by atoms with Crippen molar-refractivity contribution in [1.82, 2.24) is 5.32 Å². The average Bonchev–Trinajstić information content (AvgIpc) is 2.90. The highest BCUT2D eigenvalue weighted by Gasteiger charge is 2.22. The molecule has 3 nitrogen and oxygen atoms in total. The van der Waals surface area contributed by atoms with E-state index >= 15 is 0 Å². The van der Waals surface area contributed by atoms with Crippen molar-refractivity contribution in [3.8, 4) is 0 Å². The van der Waals surface area contributed by atoms with Crippen molar-refractivity contribution in [2.45, 2.75) is 19.0 Å². The molecular weight excluding hydrogens is 220 g/mol. The van der Waals surface area contributed by atoms with Crippen LogP contribution in [0.2, 0.25) is 0 Å². The van der Waals surface area contributed by atoms with Gasteiger partial charge in [0, 0.05) is 30.4 Å². The Balaban J connectivity index is 1.93. The third-order valence-electron chi connectivity index (χ3n) is 2.96. The van der Waals surface area contributed by atoms with E-state index in [9.17, 15) is 0 Å². The van der Waals surface area contributed by atoms with E-state index in [0.29, 0.717) is 0 Å². The minimum Gasteiger partial charge on any atom is -0.469 e. The fourth-order valence-electron chi connectivity index (χ4n) is 2.21. The zero-order valence-corrected chi connectivity index (χ0v) is 9.72. The number of furan rings is 1. The number of fused-ring (bicyclic) bond motifs is 1. The predicted molar refractivity (Wildman–Crippen MR) is 64.5 cm³/mol. The van der Waals surface area contributed by atoms with Gasteiger partial charge in [-0.2, -0.15) is 0 Å². The van der Waals surface area contributed by atoms with Crippen LogP contribution in [0.3, 0.4) is 0 Å². The molecule has 1 unspecified atom stereocenters. The highest BCUT2D eigenvalue weighted by molar-refractivity contribution is 7.10. The Morgan fingerprint density at radius 2 is 2.50 bits per heavy atom. The first kappa shape index (κ1) is 10.1. The third-order valence-corrected chi connectivity index (χ3v) is 4.01. The average molecular weight is 234 g/mol. The minimum atomic E-state index is 0.125. The fraction of sp³-hybridized carbons (Fsp3) is 0.333. The van der Waals surface area contributed by atoms with Gasteiger partial charge in [0.05, 0.1) is 6.26 Å². The van der Waals surface area contributed by atoms with Crippen LogP contribution >= 0.6 is 11.3 Å². The summed E-state index contributed by atoms with van der Waals surface area (Å²) in [4.78, 5) is 1.38. The normalized spacial score (nSPS) is 19.7. The van der Waals surface area contributed by atoms with Crippen LogP contribution in [0, 0.1) is 0 Å². The Bertz CT molecular complexity index is 475. The van der Waals surface area contributed by atoms with Gasteiger partial charge in [-0.05, 0) is 28.6 Å². The summed E-state index contributed by atoms with van der Waals surface area (Å²) in [6, 6.07) is 4.06. The number of rotatable bonds is 2. The van der Waals surface area contributed by atoms with Crippen molar-refractivity contribution >= 4 is 11.3 Å². The van der Waals surface area contributed by atoms with Gasteiger partial charge in [-0.3, -0.25) is 0 Å². The zero-order chi connectivity index (χ0) is 11.0. The van der Waals surface area contributed by atoms with Gasteiger partial charge in [-0.15, -0.1) is 11.3 Å². The van der Waals surface area contributed by atoms with Gasteiger partial charge in [0.1, 0.15) is 5.76 Å². The molecule has 16 heavy (non-hydrogen) atoms. The van der Waals surface area contributed by atoms with Gasteiger partial charge in [0.25, 0.3) is 0 Å². The van der Waals surface area contributed by atoms with E-state index in [1.165, 1.54) is 16.0 Å². The molecule has 2 aromatic rings. The lowest BCUT2D eigenvalue weighted by atomic mass is 9.98. The SMILES string of the molecule is NC1CNCc2scc(Cc3ccco3)c21. The first-order chi connectivity index (χ1) is 7.84. The smallest absolute Gasteiger partial charge is 0.108 e. The Labute approximate surface area is 98.3 Å². The topological polar surface area (TPSA) is 51.2 Å². The highest BCUT2D eigenvalue weighted by atomic mass is 32.1. The van der Waals surface area contributed by atoms with Gasteiger partial charge in [0.15, 0.2) is 0 Å². The Morgan fingerprint density at radius 1 is 1.56 bits per heavy atom. The molecule has 0 radical (unpaired) electrons. The van der Waals surface area contributed by atoms with Gasteiger partial charge in [0.2, 0.25) is 0 Å². The van der Waals surface area contributed by atoms with E-state index in [1.807, 2.05) is 12.1 Å². The van der Waals surface area contributed by atoms with Crippen LogP contribution in [-0.4, -0.2) is 6.54 Å². The van der Waals surface area contributed by atoms with E-state index in [4.69, 9.17) is 10.2 Å². The number of nitrogens with one attached hydrogen (secondary N) is 1. The molecule has 2 aromatic heterocycles. The molecule has 1 aliphatic rings. The standard InChI is InChI=1S/C12H14N2OS/c13-10-5-14-6-11-12(10)8(7-16-11)4-9-2-1-3-15-9/h1-3,7,10,14H,4-6,13H2. The Morgan fingerprint density at radius 3 is 3.31 bits per heavy atom. The second-order valence-electron chi connectivity index (χ2n) is 4.09. The van der Waals surface area contributed by atoms with Crippen molar-refractivity contribution in [1.29, 1.82) is 0 Å². The molecule has 3 heterocycles. The van der Waals surface area contributed by atoms with Crippen LogP contribution < -0.4 is 11.1 Å². The molecule has 0 bridgehead atoms. The van der Waals surface area contributed by atoms with Crippen LogP contribution in [0.25, 0.3) is 0 Å². The molecule has 4 heteroatoms. The maximum Gasteiger partial charge on any atom is 0.108 e. The molecule has 3 N–H and O–H groups in total. The minimum absolute atomic E-state index is 0.125. The van der Waals surface area contributed by atoms with E-state index in [2.05, 4.69) is 10.7 Å². The zero-order valence-electron chi connectivity index (χ0n) is 8.90. The summed E-state index contributed by atoms with van der Waals surface area (Å²) in [5, 5.41) is 5.53. The lowest BCUT2D eigenvalue weighted by molar-refractivity contribution is 0.516. The Hall–Kier alpha value is -1.10. The number of thiophene rings is 1. The molecular formula is C12H14N2OS. The second-order valence-corrected chi connectivity index (χ2v) is 5.06. The van der Waals surface area contributed by atoms with Gasteiger partial charge < -0.3 is 15.5 Å². The quantitative estimate of drug-likeness (QED) is 0.836. The summed E-state index contributed by atoms with van der Waals surface area (Å²) < 4.78 is 5.38. The maximum atomic E-state index is 6.13. The monoisotopic (exact) mass is 234 g/mol. The lowest BCUT2D eigenvalue weighted by Gasteiger charge is -2.21. The summed E-state index contributed by atoms with van der Waals surface area (Å²) >= 11 is 1.79. The molecule has 0 aliphatic carbocycles. The third kappa shape index (κ3) is 1.69. The summed E-state index contributed by atoms with van der Waals surface area (Å²) in [6.45, 7) is 1.82. The fourth-order valence-corrected chi connectivity index (χ4v) is 3.30. The molecule has 0 aromatic carbocycles. The molecule has 0 amide bonds. The predicted octanol–water partition coefficient (Wildman–Crippen LogP) is 2.03.